The molecular formula is C22H30F2. The predicted octanol–water partition coefficient (Wildman–Crippen LogP) is 7.43. The van der Waals surface area contributed by atoms with Crippen LogP contribution in [0.4, 0.5) is 8.78 Å². The minimum Gasteiger partial charge on any atom is -0.235 e. The minimum atomic E-state index is -1.61. The van der Waals surface area contributed by atoms with Crippen molar-refractivity contribution >= 4 is 0 Å². The number of hydrogen-bond donors (Lipinski definition) is 0. The summed E-state index contributed by atoms with van der Waals surface area (Å²) in [4.78, 5) is 0. The lowest BCUT2D eigenvalue weighted by molar-refractivity contribution is 0.259. The van der Waals surface area contributed by atoms with E-state index in [-0.39, 0.29) is 5.83 Å². The molecule has 1 aromatic carbocycles. The summed E-state index contributed by atoms with van der Waals surface area (Å²) in [6, 6.07) is 9.43. The monoisotopic (exact) mass is 332 g/mol. The van der Waals surface area contributed by atoms with Crippen molar-refractivity contribution in [2.24, 2.45) is 0 Å². The maximum absolute atomic E-state index is 14.8. The summed E-state index contributed by atoms with van der Waals surface area (Å²) < 4.78 is 29.1. The molecule has 0 amide bonds. The van der Waals surface area contributed by atoms with Crippen molar-refractivity contribution in [3.05, 3.63) is 60.0 Å². The van der Waals surface area contributed by atoms with E-state index in [2.05, 4.69) is 6.92 Å². The number of unbranched alkanes of at least 4 members (excludes halogenated alkanes) is 7. The van der Waals surface area contributed by atoms with Crippen molar-refractivity contribution in [2.45, 2.75) is 76.3 Å². The van der Waals surface area contributed by atoms with Crippen molar-refractivity contribution in [3.8, 4) is 0 Å². The third-order valence-corrected chi connectivity index (χ3v) is 4.81. The van der Waals surface area contributed by atoms with Gasteiger partial charge in [-0.2, -0.15) is 0 Å². The lowest BCUT2D eigenvalue weighted by atomic mass is 9.85. The Bertz CT molecular complexity index is 532. The molecular weight excluding hydrogens is 302 g/mol. The lowest BCUT2D eigenvalue weighted by Crippen LogP contribution is -2.21. The van der Waals surface area contributed by atoms with Crippen LogP contribution >= 0.6 is 0 Å². The molecule has 2 atom stereocenters. The molecule has 1 aliphatic carbocycles. The van der Waals surface area contributed by atoms with E-state index in [1.165, 1.54) is 38.2 Å². The zero-order chi connectivity index (χ0) is 17.3. The van der Waals surface area contributed by atoms with Gasteiger partial charge in [0.15, 0.2) is 0 Å². The first-order chi connectivity index (χ1) is 11.6. The van der Waals surface area contributed by atoms with Crippen molar-refractivity contribution in [1.29, 1.82) is 0 Å². The van der Waals surface area contributed by atoms with Gasteiger partial charge in [0.2, 0.25) is 0 Å². The summed E-state index contributed by atoms with van der Waals surface area (Å²) in [7, 11) is 0. The molecule has 0 aliphatic heterocycles. The lowest BCUT2D eigenvalue weighted by Gasteiger charge is -2.25. The van der Waals surface area contributed by atoms with E-state index in [1.54, 1.807) is 12.2 Å². The molecule has 1 aliphatic rings. The minimum absolute atomic E-state index is 0.370. The van der Waals surface area contributed by atoms with Gasteiger partial charge in [0, 0.05) is 0 Å². The summed E-state index contributed by atoms with van der Waals surface area (Å²) in [5.74, 6) is -0.806. The highest BCUT2D eigenvalue weighted by atomic mass is 19.1. The van der Waals surface area contributed by atoms with E-state index >= 15 is 0 Å². The molecule has 2 unspecified atom stereocenters. The van der Waals surface area contributed by atoms with Crippen LogP contribution in [0, 0.1) is 0 Å². The third-order valence-electron chi connectivity index (χ3n) is 4.81. The summed E-state index contributed by atoms with van der Waals surface area (Å²) in [5.41, 5.74) is -0.742. The van der Waals surface area contributed by atoms with E-state index in [9.17, 15) is 8.78 Å². The van der Waals surface area contributed by atoms with Gasteiger partial charge in [-0.3, -0.25) is 0 Å². The van der Waals surface area contributed by atoms with Crippen molar-refractivity contribution in [1.82, 2.24) is 0 Å². The topological polar surface area (TPSA) is 0 Å². The second kappa shape index (κ2) is 9.76. The van der Waals surface area contributed by atoms with Crippen LogP contribution in [0.15, 0.2) is 54.4 Å². The average molecular weight is 332 g/mol. The SMILES string of the molecule is CCCCCCCCCCC1(F)C=CC(c2ccccc2)C(F)=C1. The smallest absolute Gasteiger partial charge is 0.150 e. The van der Waals surface area contributed by atoms with Crippen LogP contribution in [0.2, 0.25) is 0 Å². The highest BCUT2D eigenvalue weighted by Crippen LogP contribution is 2.37. The van der Waals surface area contributed by atoms with E-state index < -0.39 is 11.6 Å². The van der Waals surface area contributed by atoms with Gasteiger partial charge in [0.25, 0.3) is 0 Å². The van der Waals surface area contributed by atoms with Gasteiger partial charge in [0.05, 0.1) is 5.92 Å². The van der Waals surface area contributed by atoms with Gasteiger partial charge in [-0.15, -0.1) is 0 Å². The third kappa shape index (κ3) is 5.89. The Morgan fingerprint density at radius 1 is 0.917 bits per heavy atom. The number of rotatable bonds is 10. The van der Waals surface area contributed by atoms with E-state index in [1.807, 2.05) is 30.3 Å². The molecule has 24 heavy (non-hydrogen) atoms. The quantitative estimate of drug-likeness (QED) is 0.308. The van der Waals surface area contributed by atoms with Crippen LogP contribution in [0.3, 0.4) is 0 Å². The van der Waals surface area contributed by atoms with Crippen LogP contribution in [0.5, 0.6) is 0 Å². The number of alkyl halides is 1. The van der Waals surface area contributed by atoms with E-state index in [0.717, 1.165) is 24.8 Å². The molecule has 0 bridgehead atoms. The molecule has 0 radical (unpaired) electrons. The van der Waals surface area contributed by atoms with Crippen LogP contribution in [0.25, 0.3) is 0 Å². The van der Waals surface area contributed by atoms with Crippen molar-refractivity contribution in [3.63, 3.8) is 0 Å². The number of benzene rings is 1. The Balaban J connectivity index is 1.74. The Morgan fingerprint density at radius 2 is 1.54 bits per heavy atom. The van der Waals surface area contributed by atoms with Crippen LogP contribution in [-0.2, 0) is 0 Å². The fraction of sp³-hybridized carbons (Fsp3) is 0.545. The molecule has 1 aromatic rings. The van der Waals surface area contributed by atoms with Gasteiger partial charge < -0.3 is 0 Å². The summed E-state index contributed by atoms with van der Waals surface area (Å²) >= 11 is 0. The molecule has 2 rings (SSSR count). The molecule has 0 saturated heterocycles. The molecule has 2 heteroatoms. The van der Waals surface area contributed by atoms with E-state index in [0.29, 0.717) is 6.42 Å². The fourth-order valence-electron chi connectivity index (χ4n) is 3.33. The fourth-order valence-corrected chi connectivity index (χ4v) is 3.33. The standard InChI is InChI=1S/C22H30F2/c1-2-3-4-5-6-7-8-12-16-22(24)17-15-20(21(23)18-22)19-13-10-9-11-14-19/h9-11,13-15,17-18,20H,2-8,12,16H2,1H3. The highest BCUT2D eigenvalue weighted by Gasteiger charge is 2.30. The number of halogens is 2. The molecule has 0 nitrogen and oxygen atoms in total. The van der Waals surface area contributed by atoms with Crippen LogP contribution in [0.1, 0.15) is 76.2 Å². The maximum Gasteiger partial charge on any atom is 0.150 e. The normalized spacial score (nSPS) is 23.3. The number of allylic oxidation sites excluding steroid dienone is 4. The van der Waals surface area contributed by atoms with Crippen molar-refractivity contribution in [2.75, 3.05) is 0 Å². The maximum atomic E-state index is 14.8. The first-order valence-corrected chi connectivity index (χ1v) is 9.46. The molecule has 132 valence electrons. The molecule has 0 aromatic heterocycles. The van der Waals surface area contributed by atoms with Gasteiger partial charge in [-0.1, -0.05) is 88.3 Å². The Kier molecular flexibility index (Phi) is 7.68. The molecule has 0 heterocycles. The Hall–Kier alpha value is -1.44. The number of hydrogen-bond acceptors (Lipinski definition) is 0. The second-order valence-corrected chi connectivity index (χ2v) is 6.93. The summed E-state index contributed by atoms with van der Waals surface area (Å²) in [6.07, 6.45) is 14.2. The Labute approximate surface area is 145 Å². The first kappa shape index (κ1) is 18.9. The van der Waals surface area contributed by atoms with E-state index in [4.69, 9.17) is 0 Å². The average Bonchev–Trinajstić information content (AvgIpc) is 2.58. The first-order valence-electron chi connectivity index (χ1n) is 9.46. The Morgan fingerprint density at radius 3 is 2.17 bits per heavy atom. The van der Waals surface area contributed by atoms with Crippen molar-refractivity contribution < 1.29 is 8.78 Å². The summed E-state index contributed by atoms with van der Waals surface area (Å²) in [6.45, 7) is 2.22. The second-order valence-electron chi connectivity index (χ2n) is 6.93. The molecule has 0 spiro atoms. The summed E-state index contributed by atoms with van der Waals surface area (Å²) in [5, 5.41) is 0. The highest BCUT2D eigenvalue weighted by molar-refractivity contribution is 5.37. The molecule has 0 saturated carbocycles. The zero-order valence-corrected chi connectivity index (χ0v) is 14.8. The van der Waals surface area contributed by atoms with Gasteiger partial charge in [-0.25, -0.2) is 8.78 Å². The van der Waals surface area contributed by atoms with Gasteiger partial charge in [0.1, 0.15) is 11.5 Å². The molecule has 0 N–H and O–H groups in total. The largest absolute Gasteiger partial charge is 0.235 e. The van der Waals surface area contributed by atoms with Gasteiger partial charge in [-0.05, 0) is 30.6 Å². The molecule has 0 fully saturated rings. The van der Waals surface area contributed by atoms with Gasteiger partial charge >= 0.3 is 0 Å². The van der Waals surface area contributed by atoms with Crippen LogP contribution in [-0.4, -0.2) is 5.67 Å². The predicted molar refractivity (Wildman–Crippen MR) is 98.6 cm³/mol. The van der Waals surface area contributed by atoms with Crippen LogP contribution < -0.4 is 0 Å². The zero-order valence-electron chi connectivity index (χ0n) is 14.8.